The van der Waals surface area contributed by atoms with Crippen LogP contribution in [0.4, 0.5) is 30.7 Å². The highest BCUT2D eigenvalue weighted by molar-refractivity contribution is 7.98. The Morgan fingerprint density at radius 2 is 1.58 bits per heavy atom. The number of hydrogen-bond donors (Lipinski definition) is 1. The van der Waals surface area contributed by atoms with Crippen LogP contribution in [-0.2, 0) is 0 Å². The lowest BCUT2D eigenvalue weighted by atomic mass is 9.94. The van der Waals surface area contributed by atoms with Gasteiger partial charge in [0.2, 0.25) is 0 Å². The quantitative estimate of drug-likeness (QED) is 0.252. The lowest BCUT2D eigenvalue weighted by molar-refractivity contribution is -0.325. The van der Waals surface area contributed by atoms with Gasteiger partial charge in [0.25, 0.3) is 5.91 Å². The summed E-state index contributed by atoms with van der Waals surface area (Å²) in [6.07, 6.45) is -10.2. The van der Waals surface area contributed by atoms with Crippen LogP contribution in [0.5, 0.6) is 0 Å². The first kappa shape index (κ1) is 33.8. The van der Waals surface area contributed by atoms with E-state index in [-0.39, 0.29) is 5.70 Å². The fraction of sp³-hybridized carbons (Fsp3) is 0.519. The van der Waals surface area contributed by atoms with E-state index in [1.807, 2.05) is 34.0 Å². The second-order valence-electron chi connectivity index (χ2n) is 9.48. The molecule has 0 saturated carbocycles. The summed E-state index contributed by atoms with van der Waals surface area (Å²) in [6, 6.07) is 5.22. The van der Waals surface area contributed by atoms with Gasteiger partial charge >= 0.3 is 18.0 Å². The standard InChI is InChI=1S/C25H29F7N2OS.C2H6/c1-14(2)18(12-11-16(4)23(26,24(27,28)29)25(30,31)32)34-20(33-22(5,6)13-36-7)17-10-8-9-15(3)19(17)21(34)35;1-2/h8-12,20,33H,4,13H2,1-3,5-7H3;1-2H3/b12-11-;. The maximum absolute atomic E-state index is 14.4. The van der Waals surface area contributed by atoms with Crippen molar-refractivity contribution in [3.63, 3.8) is 0 Å². The predicted molar refractivity (Wildman–Crippen MR) is 140 cm³/mol. The number of fused-ring (bicyclic) bond motifs is 1. The largest absolute Gasteiger partial charge is 0.435 e. The lowest BCUT2D eigenvalue weighted by Gasteiger charge is -2.36. The number of nitrogens with zero attached hydrogens (tertiary/aromatic N) is 1. The van der Waals surface area contributed by atoms with Crippen molar-refractivity contribution < 1.29 is 35.5 Å². The summed E-state index contributed by atoms with van der Waals surface area (Å²) in [6.45, 7) is 15.4. The van der Waals surface area contributed by atoms with Gasteiger partial charge in [0.1, 0.15) is 6.17 Å². The van der Waals surface area contributed by atoms with E-state index in [0.29, 0.717) is 34.1 Å². The van der Waals surface area contributed by atoms with Gasteiger partial charge in [-0.2, -0.15) is 38.1 Å². The minimum Gasteiger partial charge on any atom is -0.288 e. The lowest BCUT2D eigenvalue weighted by Crippen LogP contribution is -2.54. The topological polar surface area (TPSA) is 32.3 Å². The number of alkyl halides is 7. The number of halogens is 7. The molecule has 1 amide bonds. The highest BCUT2D eigenvalue weighted by Gasteiger charge is 2.73. The van der Waals surface area contributed by atoms with Gasteiger partial charge in [-0.1, -0.05) is 50.3 Å². The number of thioether (sulfide) groups is 1. The molecule has 0 aliphatic carbocycles. The molecule has 0 bridgehead atoms. The van der Waals surface area contributed by atoms with Crippen molar-refractivity contribution in [1.82, 2.24) is 10.2 Å². The molecule has 0 saturated heterocycles. The molecule has 0 spiro atoms. The summed E-state index contributed by atoms with van der Waals surface area (Å²) in [5, 5.41) is 3.38. The molecule has 0 radical (unpaired) electrons. The maximum Gasteiger partial charge on any atom is 0.435 e. The van der Waals surface area contributed by atoms with Crippen LogP contribution < -0.4 is 5.32 Å². The van der Waals surface area contributed by atoms with E-state index in [4.69, 9.17) is 0 Å². The highest BCUT2D eigenvalue weighted by atomic mass is 32.2. The number of amides is 1. The number of allylic oxidation sites excluding steroid dienone is 4. The van der Waals surface area contributed by atoms with E-state index >= 15 is 0 Å². The predicted octanol–water partition coefficient (Wildman–Crippen LogP) is 8.45. The molecule has 214 valence electrons. The molecular weight excluding hydrogens is 533 g/mol. The maximum atomic E-state index is 14.4. The van der Waals surface area contributed by atoms with Crippen molar-refractivity contribution in [1.29, 1.82) is 0 Å². The van der Waals surface area contributed by atoms with Gasteiger partial charge in [-0.3, -0.25) is 15.0 Å². The zero-order valence-electron chi connectivity index (χ0n) is 22.8. The van der Waals surface area contributed by atoms with Crippen LogP contribution in [0.2, 0.25) is 0 Å². The summed E-state index contributed by atoms with van der Waals surface area (Å²) >= 11 is 1.56. The number of rotatable bonds is 8. The minimum atomic E-state index is -6.28. The van der Waals surface area contributed by atoms with E-state index in [2.05, 4.69) is 11.9 Å². The smallest absolute Gasteiger partial charge is 0.288 e. The fourth-order valence-electron chi connectivity index (χ4n) is 4.06. The zero-order chi connectivity index (χ0) is 29.9. The molecule has 2 rings (SSSR count). The molecule has 11 heteroatoms. The van der Waals surface area contributed by atoms with E-state index in [1.165, 1.54) is 4.90 Å². The van der Waals surface area contributed by atoms with Gasteiger partial charge in [-0.05, 0) is 52.5 Å². The number of carbonyl (C=O) groups excluding carboxylic acids is 1. The Bertz CT molecular complexity index is 1070. The van der Waals surface area contributed by atoms with E-state index < -0.39 is 41.2 Å². The number of hydrogen-bond acceptors (Lipinski definition) is 3. The summed E-state index contributed by atoms with van der Waals surface area (Å²) in [5.41, 5.74) is -5.89. The third kappa shape index (κ3) is 6.65. The number of benzene rings is 1. The molecule has 0 aromatic heterocycles. The number of aryl methyl sites for hydroxylation is 1. The van der Waals surface area contributed by atoms with Crippen LogP contribution in [0.15, 0.2) is 53.8 Å². The molecule has 1 heterocycles. The molecule has 1 aliphatic rings. The van der Waals surface area contributed by atoms with Crippen molar-refractivity contribution in [3.8, 4) is 0 Å². The van der Waals surface area contributed by atoms with Crippen molar-refractivity contribution in [2.24, 2.45) is 0 Å². The summed E-state index contributed by atoms with van der Waals surface area (Å²) < 4.78 is 93.4. The Morgan fingerprint density at radius 1 is 1.05 bits per heavy atom. The van der Waals surface area contributed by atoms with Crippen molar-refractivity contribution in [2.75, 3.05) is 12.0 Å². The second kappa shape index (κ2) is 12.3. The molecule has 0 fully saturated rings. The van der Waals surface area contributed by atoms with Crippen LogP contribution in [0.25, 0.3) is 0 Å². The average Bonchev–Trinajstić information content (AvgIpc) is 3.04. The van der Waals surface area contributed by atoms with E-state index in [1.54, 1.807) is 50.7 Å². The van der Waals surface area contributed by atoms with E-state index in [0.717, 1.165) is 6.08 Å². The van der Waals surface area contributed by atoms with Crippen LogP contribution in [0.1, 0.15) is 69.2 Å². The monoisotopic (exact) mass is 568 g/mol. The van der Waals surface area contributed by atoms with Crippen LogP contribution in [-0.4, -0.2) is 46.4 Å². The first-order valence-corrected chi connectivity index (χ1v) is 13.3. The van der Waals surface area contributed by atoms with Crippen LogP contribution in [0.3, 0.4) is 0 Å². The van der Waals surface area contributed by atoms with Gasteiger partial charge in [-0.25, -0.2) is 4.39 Å². The number of nitrogens with one attached hydrogen (secondary N) is 1. The van der Waals surface area contributed by atoms with Gasteiger partial charge in [0, 0.05) is 33.7 Å². The van der Waals surface area contributed by atoms with E-state index in [9.17, 15) is 35.5 Å². The molecule has 1 aromatic rings. The zero-order valence-corrected chi connectivity index (χ0v) is 23.6. The van der Waals surface area contributed by atoms with Gasteiger partial charge in [0.05, 0.1) is 0 Å². The molecule has 3 nitrogen and oxygen atoms in total. The first-order chi connectivity index (χ1) is 17.3. The second-order valence-corrected chi connectivity index (χ2v) is 10.3. The first-order valence-electron chi connectivity index (χ1n) is 11.9. The molecule has 1 atom stereocenters. The van der Waals surface area contributed by atoms with Gasteiger partial charge in [-0.15, -0.1) is 0 Å². The Hall–Kier alpha value is -2.27. The SMILES string of the molecule is C=C(/C=C\C(=C(C)C)N1C(=O)c2c(C)cccc2C1NC(C)(C)CSC)C(F)(C(F)(F)F)C(F)(F)F.CC. The molecule has 1 aromatic carbocycles. The molecule has 1 aliphatic heterocycles. The molecule has 1 unspecified atom stereocenters. The summed E-state index contributed by atoms with van der Waals surface area (Å²) in [7, 11) is 0. The minimum absolute atomic E-state index is 0.0286. The Morgan fingerprint density at radius 3 is 2.03 bits per heavy atom. The average molecular weight is 569 g/mol. The Kier molecular flexibility index (Phi) is 10.9. The molecule has 38 heavy (non-hydrogen) atoms. The molecule has 1 N–H and O–H groups in total. The molecular formula is C27H35F7N2OS. The highest BCUT2D eigenvalue weighted by Crippen LogP contribution is 2.50. The van der Waals surface area contributed by atoms with Crippen molar-refractivity contribution >= 4 is 17.7 Å². The summed E-state index contributed by atoms with van der Waals surface area (Å²) in [4.78, 5) is 14.8. The Labute approximate surface area is 224 Å². The van der Waals surface area contributed by atoms with Crippen LogP contribution in [0, 0.1) is 6.92 Å². The van der Waals surface area contributed by atoms with Crippen LogP contribution >= 0.6 is 11.8 Å². The fourth-order valence-corrected chi connectivity index (χ4v) is 4.86. The van der Waals surface area contributed by atoms with Crippen molar-refractivity contribution in [3.05, 3.63) is 70.5 Å². The van der Waals surface area contributed by atoms with Gasteiger partial charge < -0.3 is 0 Å². The summed E-state index contributed by atoms with van der Waals surface area (Å²) in [5.74, 6) is 0.163. The normalized spacial score (nSPS) is 16.3. The Balaban J connectivity index is 0.00000352. The van der Waals surface area contributed by atoms with Crippen molar-refractivity contribution in [2.45, 2.75) is 78.2 Å². The third-order valence-electron chi connectivity index (χ3n) is 5.76. The van der Waals surface area contributed by atoms with Gasteiger partial charge in [0.15, 0.2) is 0 Å². The third-order valence-corrected chi connectivity index (χ3v) is 6.77. The number of carbonyl (C=O) groups is 1.